The van der Waals surface area contributed by atoms with Crippen LogP contribution in [0, 0.1) is 6.92 Å². The first-order valence-electron chi connectivity index (χ1n) is 11.4. The number of rotatable bonds is 4. The van der Waals surface area contributed by atoms with Gasteiger partial charge in [-0.1, -0.05) is 6.92 Å². The van der Waals surface area contributed by atoms with Crippen LogP contribution in [0.1, 0.15) is 48.7 Å². The Hall–Kier alpha value is -3.35. The molecule has 1 atom stereocenters. The van der Waals surface area contributed by atoms with Crippen LogP contribution >= 0.6 is 0 Å². The maximum atomic E-state index is 13.7. The third kappa shape index (κ3) is 3.83. The van der Waals surface area contributed by atoms with Crippen molar-refractivity contribution >= 4 is 28.3 Å². The van der Waals surface area contributed by atoms with Crippen molar-refractivity contribution < 1.29 is 14.3 Å². The van der Waals surface area contributed by atoms with Crippen LogP contribution in [-0.2, 0) is 0 Å². The summed E-state index contributed by atoms with van der Waals surface area (Å²) in [7, 11) is 0. The SMILES string of the molecule is CC[C@@H]1CCCCN1C(=O)c1cnc2nc(C)ccc2c1Nc1ccc2c(c1)OCCO2. The van der Waals surface area contributed by atoms with E-state index in [2.05, 4.69) is 22.2 Å². The minimum atomic E-state index is 0.0200. The maximum Gasteiger partial charge on any atom is 0.257 e. The molecular formula is C25H28N4O3. The van der Waals surface area contributed by atoms with Gasteiger partial charge in [-0.05, 0) is 56.9 Å². The van der Waals surface area contributed by atoms with E-state index >= 15 is 0 Å². The third-order valence-electron chi connectivity index (χ3n) is 6.27. The lowest BCUT2D eigenvalue weighted by Crippen LogP contribution is -2.43. The maximum absolute atomic E-state index is 13.7. The monoisotopic (exact) mass is 432 g/mol. The van der Waals surface area contributed by atoms with Gasteiger partial charge in [-0.15, -0.1) is 0 Å². The fraction of sp³-hybridized carbons (Fsp3) is 0.400. The number of amides is 1. The molecule has 0 bridgehead atoms. The minimum Gasteiger partial charge on any atom is -0.486 e. The molecule has 32 heavy (non-hydrogen) atoms. The van der Waals surface area contributed by atoms with E-state index in [1.54, 1.807) is 6.20 Å². The van der Waals surface area contributed by atoms with E-state index < -0.39 is 0 Å². The minimum absolute atomic E-state index is 0.0200. The van der Waals surface area contributed by atoms with Crippen molar-refractivity contribution in [2.75, 3.05) is 25.1 Å². The van der Waals surface area contributed by atoms with Crippen LogP contribution in [0.25, 0.3) is 11.0 Å². The Balaban J connectivity index is 1.58. The Morgan fingerprint density at radius 2 is 2.00 bits per heavy atom. The second-order valence-corrected chi connectivity index (χ2v) is 8.41. The van der Waals surface area contributed by atoms with Gasteiger partial charge in [0.05, 0.1) is 11.3 Å². The summed E-state index contributed by atoms with van der Waals surface area (Å²) < 4.78 is 11.4. The molecular weight excluding hydrogens is 404 g/mol. The molecule has 166 valence electrons. The van der Waals surface area contributed by atoms with Crippen LogP contribution in [0.15, 0.2) is 36.5 Å². The van der Waals surface area contributed by atoms with Crippen LogP contribution in [0.4, 0.5) is 11.4 Å². The molecule has 4 heterocycles. The number of carbonyl (C=O) groups excluding carboxylic acids is 1. The van der Waals surface area contributed by atoms with E-state index in [-0.39, 0.29) is 11.9 Å². The standard InChI is InChI=1S/C25H28N4O3/c1-3-18-6-4-5-11-29(18)25(30)20-15-26-24-19(9-7-16(2)27-24)23(20)28-17-8-10-21-22(14-17)32-13-12-31-21/h7-10,14-15,18H,3-6,11-13H2,1-2H3,(H,26,27,28)/t18-/m1/s1. The van der Waals surface area contributed by atoms with E-state index in [0.29, 0.717) is 30.2 Å². The number of ether oxygens (including phenoxy) is 2. The lowest BCUT2D eigenvalue weighted by Gasteiger charge is -2.35. The number of piperidine rings is 1. The number of benzene rings is 1. The van der Waals surface area contributed by atoms with E-state index in [4.69, 9.17) is 9.47 Å². The number of carbonyl (C=O) groups is 1. The number of anilines is 2. The molecule has 1 aromatic carbocycles. The summed E-state index contributed by atoms with van der Waals surface area (Å²) in [4.78, 5) is 24.8. The molecule has 7 heteroatoms. The molecule has 0 saturated carbocycles. The smallest absolute Gasteiger partial charge is 0.257 e. The van der Waals surface area contributed by atoms with Crippen LogP contribution in [-0.4, -0.2) is 46.6 Å². The average molecular weight is 433 g/mol. The number of hydrogen-bond acceptors (Lipinski definition) is 6. The van der Waals surface area contributed by atoms with Crippen LogP contribution in [0.2, 0.25) is 0 Å². The summed E-state index contributed by atoms with van der Waals surface area (Å²) in [5.74, 6) is 1.45. The van der Waals surface area contributed by atoms with Crippen molar-refractivity contribution in [2.24, 2.45) is 0 Å². The van der Waals surface area contributed by atoms with Crippen molar-refractivity contribution in [2.45, 2.75) is 45.6 Å². The zero-order valence-electron chi connectivity index (χ0n) is 18.6. The molecule has 0 unspecified atom stereocenters. The molecule has 2 aromatic heterocycles. The molecule has 1 fully saturated rings. The molecule has 0 aliphatic carbocycles. The van der Waals surface area contributed by atoms with Gasteiger partial charge in [0.15, 0.2) is 17.1 Å². The number of fused-ring (bicyclic) bond motifs is 2. The quantitative estimate of drug-likeness (QED) is 0.635. The van der Waals surface area contributed by atoms with Gasteiger partial charge in [-0.2, -0.15) is 0 Å². The van der Waals surface area contributed by atoms with Crippen LogP contribution in [0.3, 0.4) is 0 Å². The molecule has 0 radical (unpaired) electrons. The number of likely N-dealkylation sites (tertiary alicyclic amines) is 1. The Kier molecular flexibility index (Phi) is 5.55. The highest BCUT2D eigenvalue weighted by Crippen LogP contribution is 2.36. The van der Waals surface area contributed by atoms with Gasteiger partial charge in [0.2, 0.25) is 0 Å². The van der Waals surface area contributed by atoms with Gasteiger partial charge in [0.1, 0.15) is 13.2 Å². The number of pyridine rings is 2. The van der Waals surface area contributed by atoms with E-state index in [0.717, 1.165) is 54.0 Å². The average Bonchev–Trinajstić information content (AvgIpc) is 2.83. The summed E-state index contributed by atoms with van der Waals surface area (Å²) in [6, 6.07) is 9.93. The fourth-order valence-corrected chi connectivity index (χ4v) is 4.58. The van der Waals surface area contributed by atoms with Crippen molar-refractivity contribution in [1.82, 2.24) is 14.9 Å². The van der Waals surface area contributed by atoms with Gasteiger partial charge in [-0.25, -0.2) is 9.97 Å². The molecule has 1 N–H and O–H groups in total. The highest BCUT2D eigenvalue weighted by atomic mass is 16.6. The van der Waals surface area contributed by atoms with Crippen molar-refractivity contribution in [3.63, 3.8) is 0 Å². The Morgan fingerprint density at radius 3 is 2.84 bits per heavy atom. The predicted octanol–water partition coefficient (Wildman–Crippen LogP) is 4.86. The summed E-state index contributed by atoms with van der Waals surface area (Å²) in [6.45, 7) is 5.94. The number of aromatic nitrogens is 2. The van der Waals surface area contributed by atoms with Gasteiger partial charge in [0.25, 0.3) is 5.91 Å². The summed E-state index contributed by atoms with van der Waals surface area (Å²) >= 11 is 0. The normalized spacial score (nSPS) is 17.9. The summed E-state index contributed by atoms with van der Waals surface area (Å²) in [5.41, 5.74) is 3.62. The number of nitrogens with zero attached hydrogens (tertiary/aromatic N) is 3. The second kappa shape index (κ2) is 8.65. The zero-order valence-corrected chi connectivity index (χ0v) is 18.6. The van der Waals surface area contributed by atoms with E-state index in [9.17, 15) is 4.79 Å². The molecule has 0 spiro atoms. The fourth-order valence-electron chi connectivity index (χ4n) is 4.58. The Morgan fingerprint density at radius 1 is 1.16 bits per heavy atom. The van der Waals surface area contributed by atoms with Crippen molar-refractivity contribution in [3.05, 3.63) is 47.8 Å². The molecule has 1 amide bonds. The zero-order chi connectivity index (χ0) is 22.1. The Bertz CT molecular complexity index is 1160. The molecule has 3 aromatic rings. The number of aryl methyl sites for hydroxylation is 1. The van der Waals surface area contributed by atoms with Crippen molar-refractivity contribution in [1.29, 1.82) is 0 Å². The van der Waals surface area contributed by atoms with Crippen LogP contribution < -0.4 is 14.8 Å². The van der Waals surface area contributed by atoms with E-state index in [1.165, 1.54) is 6.42 Å². The topological polar surface area (TPSA) is 76.6 Å². The first-order valence-corrected chi connectivity index (χ1v) is 11.4. The highest BCUT2D eigenvalue weighted by molar-refractivity contribution is 6.07. The second-order valence-electron chi connectivity index (χ2n) is 8.41. The third-order valence-corrected chi connectivity index (χ3v) is 6.27. The predicted molar refractivity (Wildman–Crippen MR) is 124 cm³/mol. The first kappa shape index (κ1) is 20.5. The molecule has 1 saturated heterocycles. The highest BCUT2D eigenvalue weighted by Gasteiger charge is 2.29. The lowest BCUT2D eigenvalue weighted by molar-refractivity contribution is 0.0609. The molecule has 2 aliphatic heterocycles. The van der Waals surface area contributed by atoms with Crippen molar-refractivity contribution in [3.8, 4) is 11.5 Å². The van der Waals surface area contributed by atoms with Gasteiger partial charge >= 0.3 is 0 Å². The Labute approximate surface area is 187 Å². The van der Waals surface area contributed by atoms with Gasteiger partial charge < -0.3 is 19.7 Å². The number of nitrogens with one attached hydrogen (secondary N) is 1. The summed E-state index contributed by atoms with van der Waals surface area (Å²) in [5, 5.41) is 4.30. The number of hydrogen-bond donors (Lipinski definition) is 1. The largest absolute Gasteiger partial charge is 0.486 e. The van der Waals surface area contributed by atoms with E-state index in [1.807, 2.05) is 42.2 Å². The molecule has 7 nitrogen and oxygen atoms in total. The first-order chi connectivity index (χ1) is 15.6. The van der Waals surface area contributed by atoms with Gasteiger partial charge in [0, 0.05) is 41.6 Å². The lowest BCUT2D eigenvalue weighted by atomic mass is 9.98. The van der Waals surface area contributed by atoms with Gasteiger partial charge in [-0.3, -0.25) is 4.79 Å². The van der Waals surface area contributed by atoms with Crippen LogP contribution in [0.5, 0.6) is 11.5 Å². The molecule has 2 aliphatic rings. The molecule has 5 rings (SSSR count). The summed E-state index contributed by atoms with van der Waals surface area (Å²) in [6.07, 6.45) is 5.88.